The van der Waals surface area contributed by atoms with E-state index in [9.17, 15) is 14.7 Å². The van der Waals surface area contributed by atoms with Crippen molar-refractivity contribution in [2.24, 2.45) is 0 Å². The van der Waals surface area contributed by atoms with Gasteiger partial charge in [0.15, 0.2) is 0 Å². The topological polar surface area (TPSA) is 76.1 Å². The fraction of sp³-hybridized carbons (Fsp3) is 0.212. The number of unbranched alkanes of at least 4 members (excludes halogenated alkanes) is 2. The zero-order chi connectivity index (χ0) is 27.9. The second kappa shape index (κ2) is 12.7. The summed E-state index contributed by atoms with van der Waals surface area (Å²) < 4.78 is 11.8. The van der Waals surface area contributed by atoms with Gasteiger partial charge in [0.25, 0.3) is 11.7 Å². The second-order valence-corrected chi connectivity index (χ2v) is 10.6. The number of thiophene rings is 1. The summed E-state index contributed by atoms with van der Waals surface area (Å²) >= 11 is 1.51. The lowest BCUT2D eigenvalue weighted by molar-refractivity contribution is -0.140. The molecule has 0 radical (unpaired) electrons. The van der Waals surface area contributed by atoms with Crippen LogP contribution in [0.4, 0.5) is 0 Å². The van der Waals surface area contributed by atoms with Gasteiger partial charge >= 0.3 is 0 Å². The number of amides is 1. The van der Waals surface area contributed by atoms with Crippen LogP contribution in [0.15, 0.2) is 102 Å². The Morgan fingerprint density at radius 2 is 1.65 bits per heavy atom. The highest BCUT2D eigenvalue weighted by atomic mass is 32.1. The summed E-state index contributed by atoms with van der Waals surface area (Å²) in [5.41, 5.74) is 1.16. The Hall–Kier alpha value is -4.36. The predicted molar refractivity (Wildman–Crippen MR) is 157 cm³/mol. The minimum Gasteiger partial charge on any atom is -0.507 e. The molecule has 0 aliphatic carbocycles. The van der Waals surface area contributed by atoms with Crippen molar-refractivity contribution in [3.63, 3.8) is 0 Å². The summed E-state index contributed by atoms with van der Waals surface area (Å²) in [6, 6.07) is 26.7. The van der Waals surface area contributed by atoms with Crippen molar-refractivity contribution >= 4 is 28.8 Å². The average molecular weight is 554 g/mol. The molecule has 1 aliphatic heterocycles. The monoisotopic (exact) mass is 553 g/mol. The van der Waals surface area contributed by atoms with Crippen LogP contribution in [0.5, 0.6) is 17.2 Å². The number of rotatable bonds is 11. The number of ketones is 1. The number of likely N-dealkylation sites (tertiary alicyclic amines) is 1. The van der Waals surface area contributed by atoms with Gasteiger partial charge in [-0.25, -0.2) is 0 Å². The molecular weight excluding hydrogens is 522 g/mol. The van der Waals surface area contributed by atoms with Gasteiger partial charge in [0, 0.05) is 10.4 Å². The Balaban J connectivity index is 1.51. The van der Waals surface area contributed by atoms with E-state index >= 15 is 0 Å². The highest BCUT2D eigenvalue weighted by Crippen LogP contribution is 2.42. The van der Waals surface area contributed by atoms with E-state index in [4.69, 9.17) is 9.47 Å². The fourth-order valence-corrected chi connectivity index (χ4v) is 5.44. The third-order valence-corrected chi connectivity index (χ3v) is 7.60. The lowest BCUT2D eigenvalue weighted by atomic mass is 9.95. The van der Waals surface area contributed by atoms with Gasteiger partial charge in [-0.1, -0.05) is 56.2 Å². The van der Waals surface area contributed by atoms with Crippen LogP contribution in [0.25, 0.3) is 5.76 Å². The Bertz CT molecular complexity index is 1480. The molecule has 5 rings (SSSR count). The first-order valence-corrected chi connectivity index (χ1v) is 14.3. The number of hydrogen-bond acceptors (Lipinski definition) is 6. The lowest BCUT2D eigenvalue weighted by Gasteiger charge is -2.25. The van der Waals surface area contributed by atoms with Gasteiger partial charge in [0.2, 0.25) is 0 Å². The van der Waals surface area contributed by atoms with Crippen molar-refractivity contribution in [2.45, 2.75) is 38.8 Å². The SMILES string of the molecule is CCCCCOc1ccc(/C(O)=C2/C(=O)C(=O)N(Cc3cccs3)C2c2cccc(Oc3ccccc3)c2)cc1. The fourth-order valence-electron chi connectivity index (χ4n) is 4.74. The predicted octanol–water partition coefficient (Wildman–Crippen LogP) is 7.73. The highest BCUT2D eigenvalue weighted by molar-refractivity contribution is 7.09. The van der Waals surface area contributed by atoms with Gasteiger partial charge in [-0.2, -0.15) is 0 Å². The minimum absolute atomic E-state index is 0.0510. The third kappa shape index (κ3) is 6.10. The zero-order valence-electron chi connectivity index (χ0n) is 22.3. The molecule has 0 saturated carbocycles. The molecule has 1 fully saturated rings. The maximum Gasteiger partial charge on any atom is 0.295 e. The van der Waals surface area contributed by atoms with Crippen LogP contribution in [-0.2, 0) is 16.1 Å². The number of nitrogens with zero attached hydrogens (tertiary/aromatic N) is 1. The van der Waals surface area contributed by atoms with Gasteiger partial charge in [-0.05, 0) is 72.0 Å². The molecule has 204 valence electrons. The molecule has 1 amide bonds. The van der Waals surface area contributed by atoms with Gasteiger partial charge in [-0.15, -0.1) is 11.3 Å². The van der Waals surface area contributed by atoms with E-state index in [1.54, 1.807) is 24.3 Å². The van der Waals surface area contributed by atoms with Crippen molar-refractivity contribution < 1.29 is 24.2 Å². The van der Waals surface area contributed by atoms with Gasteiger partial charge in [-0.3, -0.25) is 9.59 Å². The molecule has 1 N–H and O–H groups in total. The number of carbonyl (C=O) groups excluding carboxylic acids is 2. The number of Topliss-reactive ketones (excluding diaryl/α,β-unsaturated/α-hetero) is 1. The van der Waals surface area contributed by atoms with Gasteiger partial charge in [0.1, 0.15) is 23.0 Å². The number of benzene rings is 3. The van der Waals surface area contributed by atoms with E-state index < -0.39 is 17.7 Å². The number of carbonyl (C=O) groups is 2. The Morgan fingerprint density at radius 3 is 2.38 bits per heavy atom. The van der Waals surface area contributed by atoms with Gasteiger partial charge < -0.3 is 19.5 Å². The quantitative estimate of drug-likeness (QED) is 0.0890. The molecular formula is C33H31NO5S. The molecule has 0 bridgehead atoms. The van der Waals surface area contributed by atoms with Crippen molar-refractivity contribution in [2.75, 3.05) is 6.61 Å². The van der Waals surface area contributed by atoms with Crippen LogP contribution in [-0.4, -0.2) is 28.3 Å². The summed E-state index contributed by atoms with van der Waals surface area (Å²) in [6.07, 6.45) is 3.18. The maximum atomic E-state index is 13.4. The van der Waals surface area contributed by atoms with Crippen LogP contribution in [0.3, 0.4) is 0 Å². The second-order valence-electron chi connectivity index (χ2n) is 9.57. The first-order chi connectivity index (χ1) is 19.5. The first kappa shape index (κ1) is 27.2. The Labute approximate surface area is 238 Å². The van der Waals surface area contributed by atoms with E-state index in [1.165, 1.54) is 16.2 Å². The molecule has 1 saturated heterocycles. The largest absolute Gasteiger partial charge is 0.507 e. The first-order valence-electron chi connectivity index (χ1n) is 13.4. The molecule has 1 atom stereocenters. The molecule has 6 nitrogen and oxygen atoms in total. The number of hydrogen-bond donors (Lipinski definition) is 1. The number of ether oxygens (including phenoxy) is 2. The summed E-state index contributed by atoms with van der Waals surface area (Å²) in [4.78, 5) is 29.2. The van der Waals surface area contributed by atoms with Crippen molar-refractivity contribution in [1.29, 1.82) is 0 Å². The summed E-state index contributed by atoms with van der Waals surface area (Å²) in [6.45, 7) is 3.01. The molecule has 3 aromatic carbocycles. The molecule has 1 unspecified atom stereocenters. The van der Waals surface area contributed by atoms with Crippen molar-refractivity contribution in [1.82, 2.24) is 4.90 Å². The average Bonchev–Trinajstić information content (AvgIpc) is 3.58. The van der Waals surface area contributed by atoms with E-state index in [2.05, 4.69) is 6.92 Å². The van der Waals surface area contributed by atoms with Crippen molar-refractivity contribution in [3.05, 3.63) is 118 Å². The minimum atomic E-state index is -0.786. The van der Waals surface area contributed by atoms with Gasteiger partial charge in [0.05, 0.1) is 24.8 Å². The Kier molecular flexibility index (Phi) is 8.62. The van der Waals surface area contributed by atoms with E-state index in [0.717, 1.165) is 24.1 Å². The molecule has 40 heavy (non-hydrogen) atoms. The molecule has 1 aromatic heterocycles. The molecule has 7 heteroatoms. The third-order valence-electron chi connectivity index (χ3n) is 6.74. The normalized spacial score (nSPS) is 16.3. The molecule has 0 spiro atoms. The van der Waals surface area contributed by atoms with Crippen LogP contribution in [0.1, 0.15) is 48.2 Å². The van der Waals surface area contributed by atoms with E-state index in [1.807, 2.05) is 72.1 Å². The van der Waals surface area contributed by atoms with E-state index in [-0.39, 0.29) is 17.9 Å². The van der Waals surface area contributed by atoms with Crippen LogP contribution in [0.2, 0.25) is 0 Å². The molecule has 4 aromatic rings. The molecule has 2 heterocycles. The number of aliphatic hydroxyl groups is 1. The van der Waals surface area contributed by atoms with Crippen LogP contribution < -0.4 is 9.47 Å². The Morgan fingerprint density at radius 1 is 0.875 bits per heavy atom. The highest BCUT2D eigenvalue weighted by Gasteiger charge is 2.46. The van der Waals surface area contributed by atoms with Crippen molar-refractivity contribution in [3.8, 4) is 17.2 Å². The maximum absolute atomic E-state index is 13.4. The summed E-state index contributed by atoms with van der Waals surface area (Å²) in [5, 5.41) is 13.4. The summed E-state index contributed by atoms with van der Waals surface area (Å²) in [7, 11) is 0. The van der Waals surface area contributed by atoms with Crippen LogP contribution in [0, 0.1) is 0 Å². The lowest BCUT2D eigenvalue weighted by Crippen LogP contribution is -2.28. The number of para-hydroxylation sites is 1. The van der Waals surface area contributed by atoms with Crippen LogP contribution >= 0.6 is 11.3 Å². The van der Waals surface area contributed by atoms with E-state index in [0.29, 0.717) is 35.0 Å². The standard InChI is InChI=1S/C33H31NO5S/c1-2-3-7-19-38-25-17-15-23(16-18-25)31(35)29-30(34(33(37)32(29)36)22-28-14-9-20-40-28)24-10-8-13-27(21-24)39-26-11-5-4-6-12-26/h4-6,8-18,20-21,30,35H,2-3,7,19,22H2,1H3/b31-29-. The number of aliphatic hydroxyl groups excluding tert-OH is 1. The molecule has 1 aliphatic rings. The smallest absolute Gasteiger partial charge is 0.295 e. The zero-order valence-corrected chi connectivity index (χ0v) is 23.1. The summed E-state index contributed by atoms with van der Waals surface area (Å²) in [5.74, 6) is 0.342.